The second-order valence-corrected chi connectivity index (χ2v) is 7.77. The van der Waals surface area contributed by atoms with Crippen LogP contribution in [0.4, 0.5) is 0 Å². The SMILES string of the molecule is O=C(CC(c1ccc2c(c1)OCCO2)C1CC1)NCC(=O)N1CCCCC1. The minimum atomic E-state index is -0.0489. The van der Waals surface area contributed by atoms with Gasteiger partial charge in [0.1, 0.15) is 13.2 Å². The van der Waals surface area contributed by atoms with E-state index in [-0.39, 0.29) is 24.3 Å². The summed E-state index contributed by atoms with van der Waals surface area (Å²) >= 11 is 0. The van der Waals surface area contributed by atoms with Crippen molar-refractivity contribution in [1.29, 1.82) is 0 Å². The molecular formula is C21H28N2O4. The van der Waals surface area contributed by atoms with Gasteiger partial charge in [0, 0.05) is 19.5 Å². The predicted octanol–water partition coefficient (Wildman–Crippen LogP) is 2.47. The molecule has 2 aliphatic heterocycles. The highest BCUT2D eigenvalue weighted by atomic mass is 16.6. The number of benzene rings is 1. The Kier molecular flexibility index (Phi) is 5.50. The van der Waals surface area contributed by atoms with Crippen molar-refractivity contribution in [3.63, 3.8) is 0 Å². The normalized spacial score (nSPS) is 20.1. The molecule has 2 amide bonds. The van der Waals surface area contributed by atoms with E-state index in [1.807, 2.05) is 23.1 Å². The third-order valence-corrected chi connectivity index (χ3v) is 5.74. The van der Waals surface area contributed by atoms with Crippen molar-refractivity contribution in [1.82, 2.24) is 10.2 Å². The first kappa shape index (κ1) is 18.1. The van der Waals surface area contributed by atoms with Gasteiger partial charge in [-0.25, -0.2) is 0 Å². The van der Waals surface area contributed by atoms with Gasteiger partial charge in [-0.3, -0.25) is 9.59 Å². The molecule has 2 heterocycles. The number of fused-ring (bicyclic) bond motifs is 1. The first-order chi connectivity index (χ1) is 13.2. The van der Waals surface area contributed by atoms with E-state index in [1.165, 1.54) is 6.42 Å². The molecule has 1 atom stereocenters. The van der Waals surface area contributed by atoms with Crippen LogP contribution in [-0.4, -0.2) is 49.6 Å². The van der Waals surface area contributed by atoms with Crippen LogP contribution < -0.4 is 14.8 Å². The Hall–Kier alpha value is -2.24. The van der Waals surface area contributed by atoms with Crippen LogP contribution in [0.15, 0.2) is 18.2 Å². The average molecular weight is 372 g/mol. The fourth-order valence-corrected chi connectivity index (χ4v) is 4.05. The van der Waals surface area contributed by atoms with Gasteiger partial charge in [0.2, 0.25) is 11.8 Å². The Labute approximate surface area is 160 Å². The summed E-state index contributed by atoms with van der Waals surface area (Å²) in [5.74, 6) is 2.24. The number of piperidine rings is 1. The van der Waals surface area contributed by atoms with Gasteiger partial charge in [0.05, 0.1) is 6.54 Å². The lowest BCUT2D eigenvalue weighted by atomic mass is 9.90. The molecule has 27 heavy (non-hydrogen) atoms. The van der Waals surface area contributed by atoms with Crippen LogP contribution in [0.1, 0.15) is 50.0 Å². The van der Waals surface area contributed by atoms with Crippen molar-refractivity contribution >= 4 is 11.8 Å². The van der Waals surface area contributed by atoms with Crippen molar-refractivity contribution < 1.29 is 19.1 Å². The average Bonchev–Trinajstić information content (AvgIpc) is 3.55. The molecule has 0 spiro atoms. The lowest BCUT2D eigenvalue weighted by Crippen LogP contribution is -2.42. The highest BCUT2D eigenvalue weighted by molar-refractivity contribution is 5.85. The zero-order chi connectivity index (χ0) is 18.6. The molecule has 1 aliphatic carbocycles. The standard InChI is InChI=1S/C21H28N2O4/c24-20(22-14-21(25)23-8-2-1-3-9-23)13-17(15-4-5-15)16-6-7-18-19(12-16)27-11-10-26-18/h6-7,12,15,17H,1-5,8-11,13-14H2,(H,22,24). The fraction of sp³-hybridized carbons (Fsp3) is 0.619. The molecule has 1 aromatic carbocycles. The zero-order valence-electron chi connectivity index (χ0n) is 15.7. The lowest BCUT2D eigenvalue weighted by Gasteiger charge is -2.27. The van der Waals surface area contributed by atoms with E-state index in [1.54, 1.807) is 0 Å². The molecule has 0 aromatic heterocycles. The molecule has 1 saturated carbocycles. The van der Waals surface area contributed by atoms with E-state index in [9.17, 15) is 9.59 Å². The topological polar surface area (TPSA) is 67.9 Å². The first-order valence-corrected chi connectivity index (χ1v) is 10.1. The molecule has 4 rings (SSSR count). The van der Waals surface area contributed by atoms with Crippen LogP contribution in [0.3, 0.4) is 0 Å². The molecule has 6 heteroatoms. The number of amides is 2. The number of carbonyl (C=O) groups is 2. The fourth-order valence-electron chi connectivity index (χ4n) is 4.05. The van der Waals surface area contributed by atoms with E-state index in [0.29, 0.717) is 25.6 Å². The number of ether oxygens (including phenoxy) is 2. The van der Waals surface area contributed by atoms with Crippen LogP contribution in [0.5, 0.6) is 11.5 Å². The summed E-state index contributed by atoms with van der Waals surface area (Å²) in [6.07, 6.45) is 6.03. The van der Waals surface area contributed by atoms with Crippen LogP contribution in [-0.2, 0) is 9.59 Å². The summed E-state index contributed by atoms with van der Waals surface area (Å²) in [4.78, 5) is 26.6. The van der Waals surface area contributed by atoms with Crippen LogP contribution in [0.25, 0.3) is 0 Å². The predicted molar refractivity (Wildman–Crippen MR) is 101 cm³/mol. The van der Waals surface area contributed by atoms with E-state index >= 15 is 0 Å². The molecule has 6 nitrogen and oxygen atoms in total. The molecule has 1 aromatic rings. The van der Waals surface area contributed by atoms with Crippen LogP contribution in [0, 0.1) is 5.92 Å². The van der Waals surface area contributed by atoms with Crippen molar-refractivity contribution in [3.8, 4) is 11.5 Å². The van der Waals surface area contributed by atoms with Gasteiger partial charge in [-0.2, -0.15) is 0 Å². The van der Waals surface area contributed by atoms with Gasteiger partial charge in [-0.15, -0.1) is 0 Å². The number of nitrogens with zero attached hydrogens (tertiary/aromatic N) is 1. The maximum Gasteiger partial charge on any atom is 0.241 e. The Bertz CT molecular complexity index is 695. The monoisotopic (exact) mass is 372 g/mol. The number of hydrogen-bond donors (Lipinski definition) is 1. The molecule has 0 bridgehead atoms. The maximum absolute atomic E-state index is 12.5. The van der Waals surface area contributed by atoms with Gasteiger partial charge in [-0.05, 0) is 61.6 Å². The van der Waals surface area contributed by atoms with E-state index in [0.717, 1.165) is 55.8 Å². The molecular weight excluding hydrogens is 344 g/mol. The second kappa shape index (κ2) is 8.19. The third kappa shape index (κ3) is 4.54. The number of rotatable bonds is 6. The van der Waals surface area contributed by atoms with Gasteiger partial charge in [-0.1, -0.05) is 6.07 Å². The van der Waals surface area contributed by atoms with E-state index < -0.39 is 0 Å². The molecule has 1 N–H and O–H groups in total. The van der Waals surface area contributed by atoms with Gasteiger partial charge in [0.25, 0.3) is 0 Å². The molecule has 146 valence electrons. The first-order valence-electron chi connectivity index (χ1n) is 10.1. The van der Waals surface area contributed by atoms with Crippen LogP contribution in [0.2, 0.25) is 0 Å². The van der Waals surface area contributed by atoms with Gasteiger partial charge in [0.15, 0.2) is 11.5 Å². The highest BCUT2D eigenvalue weighted by Crippen LogP contribution is 2.46. The van der Waals surface area contributed by atoms with Crippen molar-refractivity contribution in [2.24, 2.45) is 5.92 Å². The summed E-state index contributed by atoms with van der Waals surface area (Å²) in [6, 6.07) is 6.00. The van der Waals surface area contributed by atoms with E-state index in [2.05, 4.69) is 5.32 Å². The summed E-state index contributed by atoms with van der Waals surface area (Å²) < 4.78 is 11.3. The largest absolute Gasteiger partial charge is 0.486 e. The van der Waals surface area contributed by atoms with Gasteiger partial charge < -0.3 is 19.7 Å². The number of hydrogen-bond acceptors (Lipinski definition) is 4. The van der Waals surface area contributed by atoms with Crippen LogP contribution >= 0.6 is 0 Å². The summed E-state index contributed by atoms with van der Waals surface area (Å²) in [5.41, 5.74) is 1.12. The summed E-state index contributed by atoms with van der Waals surface area (Å²) in [7, 11) is 0. The number of nitrogens with one attached hydrogen (secondary N) is 1. The lowest BCUT2D eigenvalue weighted by molar-refractivity contribution is -0.133. The third-order valence-electron chi connectivity index (χ3n) is 5.74. The number of carbonyl (C=O) groups excluding carboxylic acids is 2. The minimum absolute atomic E-state index is 0.0327. The van der Waals surface area contributed by atoms with Gasteiger partial charge >= 0.3 is 0 Å². The summed E-state index contributed by atoms with van der Waals surface area (Å²) in [6.45, 7) is 2.88. The smallest absolute Gasteiger partial charge is 0.241 e. The van der Waals surface area contributed by atoms with Crippen molar-refractivity contribution in [2.75, 3.05) is 32.8 Å². The zero-order valence-corrected chi connectivity index (χ0v) is 15.7. The quantitative estimate of drug-likeness (QED) is 0.833. The Balaban J connectivity index is 1.34. The molecule has 0 radical (unpaired) electrons. The Morgan fingerprint density at radius 3 is 2.56 bits per heavy atom. The molecule has 2 fully saturated rings. The maximum atomic E-state index is 12.5. The molecule has 3 aliphatic rings. The second-order valence-electron chi connectivity index (χ2n) is 7.77. The Morgan fingerprint density at radius 2 is 1.81 bits per heavy atom. The van der Waals surface area contributed by atoms with E-state index in [4.69, 9.17) is 9.47 Å². The molecule has 1 saturated heterocycles. The summed E-state index contributed by atoms with van der Waals surface area (Å²) in [5, 5.41) is 2.84. The van der Waals surface area contributed by atoms with Crippen molar-refractivity contribution in [2.45, 2.75) is 44.4 Å². The highest BCUT2D eigenvalue weighted by Gasteiger charge is 2.34. The van der Waals surface area contributed by atoms with Crippen molar-refractivity contribution in [3.05, 3.63) is 23.8 Å². The minimum Gasteiger partial charge on any atom is -0.486 e. The Morgan fingerprint density at radius 1 is 1.07 bits per heavy atom. The molecule has 1 unspecified atom stereocenters. The number of likely N-dealkylation sites (tertiary alicyclic amines) is 1.